The van der Waals surface area contributed by atoms with Gasteiger partial charge in [-0.25, -0.2) is 13.4 Å². The number of carbonyl (C=O) groups is 1. The number of pyridine rings is 1. The maximum atomic E-state index is 15.2. The van der Waals surface area contributed by atoms with Gasteiger partial charge in [-0.15, -0.1) is 0 Å². The van der Waals surface area contributed by atoms with Gasteiger partial charge in [-0.05, 0) is 80.2 Å². The minimum Gasteiger partial charge on any atom is -0.497 e. The Balaban J connectivity index is 1.53. The van der Waals surface area contributed by atoms with Gasteiger partial charge in [0.1, 0.15) is 16.4 Å². The zero-order valence-corrected chi connectivity index (χ0v) is 28.7. The molecule has 1 fully saturated rings. The standard InChI is InChI=1S/C36H38N6O6S/c1-5-40-18-20-41(21-19-40)27-12-10-26(11-13-27)39-36(29-8-7-17-38-34(29)48-6-2)30-22-25(24-37)9-15-31(30)42(35(36)43)49(44,45)33-16-14-28(46-3)23-32(33)47-4/h7-17,22-23,39H,5-6,18-21H2,1-4H3. The first-order valence-corrected chi connectivity index (χ1v) is 17.5. The Labute approximate surface area is 286 Å². The maximum Gasteiger partial charge on any atom is 0.276 e. The number of benzene rings is 3. The van der Waals surface area contributed by atoms with Crippen LogP contribution in [-0.2, 0) is 20.4 Å². The van der Waals surface area contributed by atoms with Crippen LogP contribution in [0.3, 0.4) is 0 Å². The smallest absolute Gasteiger partial charge is 0.276 e. The molecule has 6 rings (SSSR count). The molecule has 1 unspecified atom stereocenters. The summed E-state index contributed by atoms with van der Waals surface area (Å²) < 4.78 is 46.7. The minimum atomic E-state index is -4.60. The number of rotatable bonds is 11. The van der Waals surface area contributed by atoms with Crippen molar-refractivity contribution in [1.29, 1.82) is 5.26 Å². The zero-order valence-electron chi connectivity index (χ0n) is 27.8. The summed E-state index contributed by atoms with van der Waals surface area (Å²) in [6.45, 7) is 8.93. The molecule has 49 heavy (non-hydrogen) atoms. The number of likely N-dealkylation sites (N-methyl/N-ethyl adjacent to an activating group) is 1. The number of nitrogens with one attached hydrogen (secondary N) is 1. The molecule has 3 heterocycles. The van der Waals surface area contributed by atoms with Crippen molar-refractivity contribution in [2.45, 2.75) is 24.3 Å². The van der Waals surface area contributed by atoms with Crippen LogP contribution >= 0.6 is 0 Å². The van der Waals surface area contributed by atoms with Crippen LogP contribution < -0.4 is 28.7 Å². The van der Waals surface area contributed by atoms with Gasteiger partial charge in [0.05, 0.1) is 43.7 Å². The third-order valence-corrected chi connectivity index (χ3v) is 10.7. The summed E-state index contributed by atoms with van der Waals surface area (Å²) in [5, 5.41) is 13.4. The molecule has 0 aliphatic carbocycles. The number of hydrogen-bond acceptors (Lipinski definition) is 11. The highest BCUT2D eigenvalue weighted by Crippen LogP contribution is 2.51. The Morgan fingerprint density at radius 1 is 0.939 bits per heavy atom. The van der Waals surface area contributed by atoms with Crippen molar-refractivity contribution in [3.63, 3.8) is 0 Å². The summed E-state index contributed by atoms with van der Waals surface area (Å²) in [6.07, 6.45) is 1.54. The van der Waals surface area contributed by atoms with Crippen LogP contribution in [0.25, 0.3) is 0 Å². The van der Waals surface area contributed by atoms with Crippen LogP contribution in [0.4, 0.5) is 17.1 Å². The average Bonchev–Trinajstić information content (AvgIpc) is 3.39. The molecule has 0 saturated carbocycles. The second kappa shape index (κ2) is 13.7. The molecule has 12 nitrogen and oxygen atoms in total. The van der Waals surface area contributed by atoms with Crippen LogP contribution in [-0.4, -0.2) is 77.8 Å². The van der Waals surface area contributed by atoms with Crippen molar-refractivity contribution in [1.82, 2.24) is 9.88 Å². The molecule has 2 aliphatic heterocycles. The Bertz CT molecular complexity index is 2010. The van der Waals surface area contributed by atoms with Crippen molar-refractivity contribution >= 4 is 33.0 Å². The second-order valence-electron chi connectivity index (χ2n) is 11.6. The van der Waals surface area contributed by atoms with Crippen molar-refractivity contribution < 1.29 is 27.4 Å². The van der Waals surface area contributed by atoms with Crippen LogP contribution in [0.1, 0.15) is 30.5 Å². The van der Waals surface area contributed by atoms with Crippen molar-refractivity contribution in [3.8, 4) is 23.4 Å². The Kier molecular flexibility index (Phi) is 9.36. The van der Waals surface area contributed by atoms with E-state index in [1.165, 1.54) is 56.8 Å². The molecule has 13 heteroatoms. The highest BCUT2D eigenvalue weighted by Gasteiger charge is 2.58. The van der Waals surface area contributed by atoms with E-state index < -0.39 is 21.5 Å². The molecule has 0 spiro atoms. The number of nitrogens with zero attached hydrogens (tertiary/aromatic N) is 5. The number of anilines is 3. The lowest BCUT2D eigenvalue weighted by Gasteiger charge is -2.36. The Morgan fingerprint density at radius 3 is 2.35 bits per heavy atom. The Hall–Kier alpha value is -5.32. The molecule has 0 bridgehead atoms. The predicted molar refractivity (Wildman–Crippen MR) is 186 cm³/mol. The van der Waals surface area contributed by atoms with E-state index in [2.05, 4.69) is 33.1 Å². The molecule has 1 saturated heterocycles. The Morgan fingerprint density at radius 2 is 1.69 bits per heavy atom. The second-order valence-corrected chi connectivity index (χ2v) is 13.3. The van der Waals surface area contributed by atoms with Crippen LogP contribution in [0.15, 0.2) is 83.9 Å². The predicted octanol–water partition coefficient (Wildman–Crippen LogP) is 4.60. The topological polar surface area (TPSA) is 137 Å². The van der Waals surface area contributed by atoms with E-state index >= 15 is 4.79 Å². The first-order valence-electron chi connectivity index (χ1n) is 16.0. The van der Waals surface area contributed by atoms with E-state index in [-0.39, 0.29) is 45.5 Å². The molecule has 1 aromatic heterocycles. The van der Waals surface area contributed by atoms with E-state index in [0.717, 1.165) is 42.7 Å². The van der Waals surface area contributed by atoms with E-state index in [4.69, 9.17) is 14.2 Å². The van der Waals surface area contributed by atoms with Gasteiger partial charge < -0.3 is 29.3 Å². The number of hydrogen-bond donors (Lipinski definition) is 1. The molecule has 1 atom stereocenters. The molecule has 1 N–H and O–H groups in total. The fraction of sp³-hybridized carbons (Fsp3) is 0.306. The van der Waals surface area contributed by atoms with Gasteiger partial charge in [0.2, 0.25) is 5.88 Å². The molecule has 1 amide bonds. The van der Waals surface area contributed by atoms with Gasteiger partial charge in [0, 0.05) is 55.4 Å². The number of piperazine rings is 1. The highest BCUT2D eigenvalue weighted by atomic mass is 32.2. The number of aromatic nitrogens is 1. The van der Waals surface area contributed by atoms with Crippen LogP contribution in [0, 0.1) is 11.3 Å². The van der Waals surface area contributed by atoms with E-state index in [1.807, 2.05) is 24.3 Å². The average molecular weight is 683 g/mol. The third kappa shape index (κ3) is 5.87. The van der Waals surface area contributed by atoms with Gasteiger partial charge in [-0.2, -0.15) is 9.57 Å². The summed E-state index contributed by atoms with van der Waals surface area (Å²) in [7, 11) is -1.80. The molecule has 3 aromatic carbocycles. The fourth-order valence-corrected chi connectivity index (χ4v) is 8.06. The fourth-order valence-electron chi connectivity index (χ4n) is 6.46. The molecular weight excluding hydrogens is 644 g/mol. The highest BCUT2D eigenvalue weighted by molar-refractivity contribution is 7.93. The molecule has 0 radical (unpaired) electrons. The number of nitriles is 1. The summed E-state index contributed by atoms with van der Waals surface area (Å²) in [6, 6.07) is 21.9. The van der Waals surface area contributed by atoms with Gasteiger partial charge in [-0.3, -0.25) is 4.79 Å². The number of methoxy groups -OCH3 is 2. The van der Waals surface area contributed by atoms with E-state index in [9.17, 15) is 13.7 Å². The lowest BCUT2D eigenvalue weighted by atomic mass is 9.83. The van der Waals surface area contributed by atoms with Gasteiger partial charge in [0.25, 0.3) is 15.9 Å². The summed E-state index contributed by atoms with van der Waals surface area (Å²) in [5.41, 5.74) is 0.562. The van der Waals surface area contributed by atoms with Gasteiger partial charge in [-0.1, -0.05) is 6.92 Å². The number of amides is 1. The lowest BCUT2D eigenvalue weighted by molar-refractivity contribution is -0.120. The third-order valence-electron chi connectivity index (χ3n) is 8.98. The van der Waals surface area contributed by atoms with Crippen molar-refractivity contribution in [2.24, 2.45) is 0 Å². The minimum absolute atomic E-state index is 0.000420. The SMILES string of the molecule is CCOc1ncccc1C1(Nc2ccc(N3CCN(CC)CC3)cc2)C(=O)N(S(=O)(=O)c2ccc(OC)cc2OC)c2ccc(C#N)cc21. The van der Waals surface area contributed by atoms with E-state index in [0.29, 0.717) is 11.4 Å². The summed E-state index contributed by atoms with van der Waals surface area (Å²) in [4.78, 5) is 24.1. The molecule has 2 aliphatic rings. The zero-order chi connectivity index (χ0) is 34.8. The van der Waals surface area contributed by atoms with Gasteiger partial charge in [0.15, 0.2) is 5.54 Å². The van der Waals surface area contributed by atoms with Crippen LogP contribution in [0.2, 0.25) is 0 Å². The first-order chi connectivity index (χ1) is 23.7. The molecule has 4 aromatic rings. The van der Waals surface area contributed by atoms with Crippen molar-refractivity contribution in [3.05, 3.63) is 95.7 Å². The normalized spacial score (nSPS) is 17.7. The molecule has 254 valence electrons. The summed E-state index contributed by atoms with van der Waals surface area (Å²) in [5.74, 6) is -0.305. The monoisotopic (exact) mass is 682 g/mol. The molecular formula is C36H38N6O6S. The van der Waals surface area contributed by atoms with Crippen molar-refractivity contribution in [2.75, 3.05) is 68.1 Å². The number of fused-ring (bicyclic) bond motifs is 1. The first kappa shape index (κ1) is 33.6. The van der Waals surface area contributed by atoms with E-state index in [1.54, 1.807) is 19.1 Å². The lowest BCUT2D eigenvalue weighted by Crippen LogP contribution is -2.49. The number of ether oxygens (including phenoxy) is 3. The van der Waals surface area contributed by atoms with Gasteiger partial charge >= 0.3 is 0 Å². The summed E-state index contributed by atoms with van der Waals surface area (Å²) >= 11 is 0. The quantitative estimate of drug-likeness (QED) is 0.238. The number of carbonyl (C=O) groups excluding carboxylic acids is 1. The number of sulfonamides is 1. The maximum absolute atomic E-state index is 15.2. The largest absolute Gasteiger partial charge is 0.497 e. The van der Waals surface area contributed by atoms with Crippen LogP contribution in [0.5, 0.6) is 17.4 Å².